The molecule has 2 aromatic carbocycles. The molecule has 0 saturated carbocycles. The predicted octanol–water partition coefficient (Wildman–Crippen LogP) is 3.50. The first-order chi connectivity index (χ1) is 12.1. The minimum Gasteiger partial charge on any atom is -0.357 e. The maximum Gasteiger partial charge on any atom is 0.255 e. The van der Waals surface area contributed by atoms with E-state index < -0.39 is 0 Å². The van der Waals surface area contributed by atoms with Gasteiger partial charge in [0.25, 0.3) is 5.91 Å². The molecular weight excluding hydrogens is 314 g/mol. The standard InChI is InChI=1S/C20H19N3O2/c1-3-22-18-7-5-4-6-16(18)17-10-14(8-9-19(17)22)21-15-11-20(25)23(12-15)13(2)24/h4-11,21H,3,12H2,1-2H3. The number of anilines is 1. The number of nitrogens with one attached hydrogen (secondary N) is 1. The number of nitrogens with zero attached hydrogens (tertiary/aromatic N) is 2. The van der Waals surface area contributed by atoms with Crippen LogP contribution in [0.4, 0.5) is 5.69 Å². The van der Waals surface area contributed by atoms with Crippen LogP contribution >= 0.6 is 0 Å². The zero-order valence-corrected chi connectivity index (χ0v) is 14.2. The zero-order chi connectivity index (χ0) is 17.6. The summed E-state index contributed by atoms with van der Waals surface area (Å²) in [5.41, 5.74) is 4.06. The van der Waals surface area contributed by atoms with Crippen LogP contribution in [0.5, 0.6) is 0 Å². The molecule has 1 aliphatic rings. The van der Waals surface area contributed by atoms with E-state index in [0.29, 0.717) is 6.54 Å². The molecule has 0 radical (unpaired) electrons. The van der Waals surface area contributed by atoms with Gasteiger partial charge in [0.1, 0.15) is 0 Å². The Morgan fingerprint density at radius 3 is 2.60 bits per heavy atom. The van der Waals surface area contributed by atoms with Crippen molar-refractivity contribution in [1.82, 2.24) is 9.47 Å². The van der Waals surface area contributed by atoms with Crippen molar-refractivity contribution < 1.29 is 9.59 Å². The van der Waals surface area contributed by atoms with E-state index in [4.69, 9.17) is 0 Å². The highest BCUT2D eigenvalue weighted by atomic mass is 16.2. The van der Waals surface area contributed by atoms with Gasteiger partial charge in [-0.15, -0.1) is 0 Å². The zero-order valence-electron chi connectivity index (χ0n) is 14.2. The summed E-state index contributed by atoms with van der Waals surface area (Å²) < 4.78 is 2.30. The lowest BCUT2D eigenvalue weighted by Gasteiger charge is -2.12. The molecule has 25 heavy (non-hydrogen) atoms. The second kappa shape index (κ2) is 5.77. The summed E-state index contributed by atoms with van der Waals surface area (Å²) in [6.45, 7) is 4.75. The van der Waals surface area contributed by atoms with Gasteiger partial charge in [-0.2, -0.15) is 0 Å². The van der Waals surface area contributed by atoms with E-state index in [1.807, 2.05) is 12.1 Å². The van der Waals surface area contributed by atoms with E-state index in [9.17, 15) is 9.59 Å². The molecule has 5 nitrogen and oxygen atoms in total. The minimum absolute atomic E-state index is 0.237. The van der Waals surface area contributed by atoms with Gasteiger partial charge in [-0.05, 0) is 31.2 Å². The highest BCUT2D eigenvalue weighted by Crippen LogP contribution is 2.31. The van der Waals surface area contributed by atoms with Gasteiger partial charge in [0.15, 0.2) is 0 Å². The Hall–Kier alpha value is -3.08. The first kappa shape index (κ1) is 15.4. The molecule has 2 amide bonds. The van der Waals surface area contributed by atoms with Crippen molar-refractivity contribution in [2.24, 2.45) is 0 Å². The van der Waals surface area contributed by atoms with E-state index >= 15 is 0 Å². The monoisotopic (exact) mass is 333 g/mol. The summed E-state index contributed by atoms with van der Waals surface area (Å²) in [7, 11) is 0. The molecule has 5 heteroatoms. The number of hydrogen-bond donors (Lipinski definition) is 1. The molecule has 3 aromatic rings. The molecule has 0 aliphatic carbocycles. The average Bonchev–Trinajstić information content (AvgIpc) is 3.12. The average molecular weight is 333 g/mol. The maximum atomic E-state index is 11.8. The van der Waals surface area contributed by atoms with Gasteiger partial charge in [0, 0.05) is 52.7 Å². The Bertz CT molecular complexity index is 1050. The molecule has 1 aliphatic heterocycles. The fraction of sp³-hybridized carbons (Fsp3) is 0.200. The molecule has 4 rings (SSSR count). The van der Waals surface area contributed by atoms with Gasteiger partial charge in [-0.3, -0.25) is 14.5 Å². The lowest BCUT2D eigenvalue weighted by molar-refractivity contribution is -0.138. The molecule has 2 heterocycles. The quantitative estimate of drug-likeness (QED) is 0.798. The van der Waals surface area contributed by atoms with Gasteiger partial charge in [-0.25, -0.2) is 0 Å². The van der Waals surface area contributed by atoms with E-state index in [2.05, 4.69) is 47.1 Å². The Kier molecular flexibility index (Phi) is 3.57. The number of imide groups is 1. The van der Waals surface area contributed by atoms with Crippen LogP contribution in [0, 0.1) is 0 Å². The molecule has 0 spiro atoms. The minimum atomic E-state index is -0.265. The van der Waals surface area contributed by atoms with E-state index in [1.54, 1.807) is 0 Å². The number of carbonyl (C=O) groups excluding carboxylic acids is 2. The Morgan fingerprint density at radius 1 is 1.12 bits per heavy atom. The molecular formula is C20H19N3O2. The van der Waals surface area contributed by atoms with Gasteiger partial charge < -0.3 is 9.88 Å². The Balaban J connectivity index is 1.73. The van der Waals surface area contributed by atoms with Gasteiger partial charge in [0.2, 0.25) is 5.91 Å². The molecule has 0 fully saturated rings. The third kappa shape index (κ3) is 2.48. The predicted molar refractivity (Wildman–Crippen MR) is 99.2 cm³/mol. The molecule has 126 valence electrons. The molecule has 1 aromatic heterocycles. The van der Waals surface area contributed by atoms with Crippen LogP contribution in [0.2, 0.25) is 0 Å². The number of aryl methyl sites for hydroxylation is 1. The second-order valence-electron chi connectivity index (χ2n) is 6.23. The Morgan fingerprint density at radius 2 is 1.88 bits per heavy atom. The lowest BCUT2D eigenvalue weighted by Crippen LogP contribution is -2.31. The number of benzene rings is 2. The number of fused-ring (bicyclic) bond motifs is 3. The molecule has 0 saturated heterocycles. The summed E-state index contributed by atoms with van der Waals surface area (Å²) in [4.78, 5) is 24.5. The van der Waals surface area contributed by atoms with Crippen LogP contribution in [0.3, 0.4) is 0 Å². The summed E-state index contributed by atoms with van der Waals surface area (Å²) in [5, 5.41) is 5.67. The van der Waals surface area contributed by atoms with Crippen molar-refractivity contribution in [3.63, 3.8) is 0 Å². The SMILES string of the molecule is CCn1c2ccccc2c2cc(NC3=CC(=O)N(C(C)=O)C3)ccc21. The number of carbonyl (C=O) groups is 2. The number of hydrogen-bond acceptors (Lipinski definition) is 3. The van der Waals surface area contributed by atoms with Gasteiger partial charge >= 0.3 is 0 Å². The molecule has 0 bridgehead atoms. The molecule has 0 atom stereocenters. The summed E-state index contributed by atoms with van der Waals surface area (Å²) in [6, 6.07) is 14.6. The smallest absolute Gasteiger partial charge is 0.255 e. The third-order valence-corrected chi connectivity index (χ3v) is 4.67. The fourth-order valence-corrected chi connectivity index (χ4v) is 3.52. The number of amides is 2. The van der Waals surface area contributed by atoms with E-state index in [0.717, 1.165) is 17.9 Å². The van der Waals surface area contributed by atoms with Crippen LogP contribution in [-0.4, -0.2) is 27.8 Å². The number of aromatic nitrogens is 1. The molecule has 0 unspecified atom stereocenters. The third-order valence-electron chi connectivity index (χ3n) is 4.67. The first-order valence-corrected chi connectivity index (χ1v) is 8.39. The summed E-state index contributed by atoms with van der Waals surface area (Å²) in [5.74, 6) is -0.502. The molecule has 1 N–H and O–H groups in total. The van der Waals surface area contributed by atoms with Crippen LogP contribution in [-0.2, 0) is 16.1 Å². The van der Waals surface area contributed by atoms with Gasteiger partial charge in [-0.1, -0.05) is 18.2 Å². The van der Waals surface area contributed by atoms with Gasteiger partial charge in [0.05, 0.1) is 6.54 Å². The highest BCUT2D eigenvalue weighted by Gasteiger charge is 2.24. The summed E-state index contributed by atoms with van der Waals surface area (Å²) in [6.07, 6.45) is 1.49. The van der Waals surface area contributed by atoms with Crippen LogP contribution in [0.1, 0.15) is 13.8 Å². The van der Waals surface area contributed by atoms with Crippen molar-refractivity contribution in [1.29, 1.82) is 0 Å². The number of rotatable bonds is 3. The van der Waals surface area contributed by atoms with E-state index in [-0.39, 0.29) is 11.8 Å². The number of para-hydroxylation sites is 1. The first-order valence-electron chi connectivity index (χ1n) is 8.39. The second-order valence-corrected chi connectivity index (χ2v) is 6.23. The van der Waals surface area contributed by atoms with E-state index in [1.165, 1.54) is 39.7 Å². The van der Waals surface area contributed by atoms with Crippen molar-refractivity contribution in [2.75, 3.05) is 11.9 Å². The van der Waals surface area contributed by atoms with Crippen molar-refractivity contribution in [2.45, 2.75) is 20.4 Å². The Labute approximate surface area is 145 Å². The maximum absolute atomic E-state index is 11.8. The largest absolute Gasteiger partial charge is 0.357 e. The topological polar surface area (TPSA) is 54.3 Å². The highest BCUT2D eigenvalue weighted by molar-refractivity contribution is 6.09. The summed E-state index contributed by atoms with van der Waals surface area (Å²) >= 11 is 0. The fourth-order valence-electron chi connectivity index (χ4n) is 3.52. The van der Waals surface area contributed by atoms with Crippen molar-refractivity contribution in [3.05, 3.63) is 54.2 Å². The van der Waals surface area contributed by atoms with Crippen molar-refractivity contribution >= 4 is 39.3 Å². The van der Waals surface area contributed by atoms with Crippen LogP contribution in [0.25, 0.3) is 21.8 Å². The normalized spacial score (nSPS) is 14.4. The van der Waals surface area contributed by atoms with Crippen LogP contribution in [0.15, 0.2) is 54.2 Å². The van der Waals surface area contributed by atoms with Crippen molar-refractivity contribution in [3.8, 4) is 0 Å². The lowest BCUT2D eigenvalue weighted by atomic mass is 10.1. The van der Waals surface area contributed by atoms with Crippen LogP contribution < -0.4 is 5.32 Å².